The maximum Gasteiger partial charge on any atom is 0.0601 e. The first-order valence-corrected chi connectivity index (χ1v) is 5.39. The van der Waals surface area contributed by atoms with E-state index in [2.05, 4.69) is 37.5 Å². The lowest BCUT2D eigenvalue weighted by Crippen LogP contribution is -2.33. The standard InChI is InChI=1S/C12H21N/c1-11(2)5-4-8-13-9-6-12(3)7-10-13/h11-12H,6-10H2,1-3H3. The lowest BCUT2D eigenvalue weighted by atomic mass is 9.99. The summed E-state index contributed by atoms with van der Waals surface area (Å²) in [7, 11) is 0. The van der Waals surface area contributed by atoms with E-state index in [1.165, 1.54) is 25.9 Å². The molecule has 0 saturated carbocycles. The number of hydrogen-bond acceptors (Lipinski definition) is 1. The van der Waals surface area contributed by atoms with Crippen molar-refractivity contribution >= 4 is 0 Å². The van der Waals surface area contributed by atoms with Crippen molar-refractivity contribution in [3.8, 4) is 11.8 Å². The molecule has 0 unspecified atom stereocenters. The smallest absolute Gasteiger partial charge is 0.0601 e. The lowest BCUT2D eigenvalue weighted by Gasteiger charge is -2.28. The van der Waals surface area contributed by atoms with Crippen molar-refractivity contribution in [2.75, 3.05) is 19.6 Å². The van der Waals surface area contributed by atoms with Gasteiger partial charge >= 0.3 is 0 Å². The maximum absolute atomic E-state index is 3.25. The first-order chi connectivity index (χ1) is 6.18. The Morgan fingerprint density at radius 2 is 1.92 bits per heavy atom. The normalized spacial score (nSPS) is 20.0. The van der Waals surface area contributed by atoms with Crippen LogP contribution in [0.4, 0.5) is 0 Å². The quantitative estimate of drug-likeness (QED) is 0.559. The second kappa shape index (κ2) is 5.29. The molecule has 0 aromatic heterocycles. The molecule has 1 saturated heterocycles. The van der Waals surface area contributed by atoms with Crippen LogP contribution in [0.1, 0.15) is 33.6 Å². The van der Waals surface area contributed by atoms with Gasteiger partial charge in [-0.1, -0.05) is 32.6 Å². The van der Waals surface area contributed by atoms with Gasteiger partial charge in [-0.15, -0.1) is 0 Å². The minimum atomic E-state index is 0.517. The molecular weight excluding hydrogens is 158 g/mol. The van der Waals surface area contributed by atoms with Crippen LogP contribution in [0.3, 0.4) is 0 Å². The van der Waals surface area contributed by atoms with Crippen LogP contribution in [0.15, 0.2) is 0 Å². The van der Waals surface area contributed by atoms with E-state index < -0.39 is 0 Å². The highest BCUT2D eigenvalue weighted by Crippen LogP contribution is 2.14. The molecule has 1 nitrogen and oxygen atoms in total. The minimum Gasteiger partial charge on any atom is -0.292 e. The second-order valence-electron chi connectivity index (χ2n) is 4.43. The fourth-order valence-electron chi connectivity index (χ4n) is 1.58. The van der Waals surface area contributed by atoms with Gasteiger partial charge in [0.05, 0.1) is 6.54 Å². The highest BCUT2D eigenvalue weighted by atomic mass is 15.1. The maximum atomic E-state index is 3.25. The van der Waals surface area contributed by atoms with E-state index >= 15 is 0 Å². The summed E-state index contributed by atoms with van der Waals surface area (Å²) in [5.41, 5.74) is 0. The predicted octanol–water partition coefficient (Wildman–Crippen LogP) is 2.38. The Morgan fingerprint density at radius 1 is 1.31 bits per heavy atom. The van der Waals surface area contributed by atoms with Crippen LogP contribution in [-0.4, -0.2) is 24.5 Å². The van der Waals surface area contributed by atoms with Gasteiger partial charge in [0.1, 0.15) is 0 Å². The monoisotopic (exact) mass is 179 g/mol. The third-order valence-corrected chi connectivity index (χ3v) is 2.57. The zero-order chi connectivity index (χ0) is 9.68. The van der Waals surface area contributed by atoms with Gasteiger partial charge in [0.25, 0.3) is 0 Å². The van der Waals surface area contributed by atoms with Crippen LogP contribution in [0.2, 0.25) is 0 Å². The van der Waals surface area contributed by atoms with Crippen molar-refractivity contribution in [2.45, 2.75) is 33.6 Å². The van der Waals surface area contributed by atoms with Crippen molar-refractivity contribution in [3.05, 3.63) is 0 Å². The van der Waals surface area contributed by atoms with E-state index in [4.69, 9.17) is 0 Å². The third-order valence-electron chi connectivity index (χ3n) is 2.57. The molecule has 0 aliphatic carbocycles. The molecule has 0 atom stereocenters. The van der Waals surface area contributed by atoms with Crippen molar-refractivity contribution < 1.29 is 0 Å². The first kappa shape index (κ1) is 10.6. The Bertz CT molecular complexity index is 189. The van der Waals surface area contributed by atoms with E-state index in [9.17, 15) is 0 Å². The molecule has 1 aliphatic heterocycles. The average molecular weight is 179 g/mol. The highest BCUT2D eigenvalue weighted by molar-refractivity contribution is 5.03. The highest BCUT2D eigenvalue weighted by Gasteiger charge is 2.13. The summed E-state index contributed by atoms with van der Waals surface area (Å²) in [6, 6.07) is 0. The molecule has 0 amide bonds. The van der Waals surface area contributed by atoms with Gasteiger partial charge in [-0.2, -0.15) is 0 Å². The van der Waals surface area contributed by atoms with Crippen molar-refractivity contribution in [2.24, 2.45) is 11.8 Å². The molecule has 1 rings (SSSR count). The van der Waals surface area contributed by atoms with E-state index in [1.54, 1.807) is 0 Å². The van der Waals surface area contributed by atoms with Crippen LogP contribution < -0.4 is 0 Å². The molecule has 1 heterocycles. The van der Waals surface area contributed by atoms with E-state index in [1.807, 2.05) is 0 Å². The fraction of sp³-hybridized carbons (Fsp3) is 0.833. The third kappa shape index (κ3) is 4.33. The SMILES string of the molecule is CC(C)C#CCN1CCC(C)CC1. The van der Waals surface area contributed by atoms with E-state index in [0.717, 1.165) is 12.5 Å². The second-order valence-corrected chi connectivity index (χ2v) is 4.43. The summed E-state index contributed by atoms with van der Waals surface area (Å²) in [6.45, 7) is 10.1. The van der Waals surface area contributed by atoms with Gasteiger partial charge in [-0.05, 0) is 31.8 Å². The van der Waals surface area contributed by atoms with Crippen molar-refractivity contribution in [1.82, 2.24) is 4.90 Å². The molecule has 74 valence electrons. The molecule has 0 aromatic rings. The van der Waals surface area contributed by atoms with Crippen molar-refractivity contribution in [3.63, 3.8) is 0 Å². The molecule has 13 heavy (non-hydrogen) atoms. The zero-order valence-electron chi connectivity index (χ0n) is 9.14. The summed E-state index contributed by atoms with van der Waals surface area (Å²) in [6.07, 6.45) is 2.70. The Balaban J connectivity index is 2.20. The van der Waals surface area contributed by atoms with Crippen LogP contribution in [-0.2, 0) is 0 Å². The van der Waals surface area contributed by atoms with E-state index in [-0.39, 0.29) is 0 Å². The Labute approximate surface area is 82.5 Å². The summed E-state index contributed by atoms with van der Waals surface area (Å²) in [5, 5.41) is 0. The van der Waals surface area contributed by atoms with Crippen LogP contribution in [0.25, 0.3) is 0 Å². The van der Waals surface area contributed by atoms with Gasteiger partial charge < -0.3 is 0 Å². The molecule has 1 heteroatoms. The summed E-state index contributed by atoms with van der Waals surface area (Å²) in [4.78, 5) is 2.47. The summed E-state index contributed by atoms with van der Waals surface area (Å²) >= 11 is 0. The Hall–Kier alpha value is -0.480. The van der Waals surface area contributed by atoms with Gasteiger partial charge in [0.2, 0.25) is 0 Å². The Morgan fingerprint density at radius 3 is 2.46 bits per heavy atom. The van der Waals surface area contributed by atoms with E-state index in [0.29, 0.717) is 5.92 Å². The number of piperidine rings is 1. The van der Waals surface area contributed by atoms with Crippen LogP contribution >= 0.6 is 0 Å². The number of likely N-dealkylation sites (tertiary alicyclic amines) is 1. The number of rotatable bonds is 1. The van der Waals surface area contributed by atoms with Crippen molar-refractivity contribution in [1.29, 1.82) is 0 Å². The van der Waals surface area contributed by atoms with Gasteiger partial charge in [0.15, 0.2) is 0 Å². The van der Waals surface area contributed by atoms with Crippen LogP contribution in [0, 0.1) is 23.7 Å². The fourth-order valence-corrected chi connectivity index (χ4v) is 1.58. The number of nitrogens with zero attached hydrogens (tertiary/aromatic N) is 1. The van der Waals surface area contributed by atoms with Gasteiger partial charge in [-0.3, -0.25) is 4.90 Å². The minimum absolute atomic E-state index is 0.517. The topological polar surface area (TPSA) is 3.24 Å². The molecule has 0 aromatic carbocycles. The molecule has 0 spiro atoms. The molecular formula is C12H21N. The average Bonchev–Trinajstić information content (AvgIpc) is 2.08. The number of hydrogen-bond donors (Lipinski definition) is 0. The molecule has 0 bridgehead atoms. The predicted molar refractivity (Wildman–Crippen MR) is 57.5 cm³/mol. The zero-order valence-corrected chi connectivity index (χ0v) is 9.14. The molecule has 0 N–H and O–H groups in total. The van der Waals surface area contributed by atoms with Gasteiger partial charge in [-0.25, -0.2) is 0 Å². The lowest BCUT2D eigenvalue weighted by molar-refractivity contribution is 0.213. The molecule has 1 fully saturated rings. The van der Waals surface area contributed by atoms with Gasteiger partial charge in [0, 0.05) is 5.92 Å². The van der Waals surface area contributed by atoms with Crippen LogP contribution in [0.5, 0.6) is 0 Å². The summed E-state index contributed by atoms with van der Waals surface area (Å²) < 4.78 is 0. The molecule has 0 radical (unpaired) electrons. The largest absolute Gasteiger partial charge is 0.292 e. The Kier molecular flexibility index (Phi) is 4.32. The first-order valence-electron chi connectivity index (χ1n) is 5.39. The summed E-state index contributed by atoms with van der Waals surface area (Å²) in [5.74, 6) is 7.90. The molecule has 1 aliphatic rings.